The summed E-state index contributed by atoms with van der Waals surface area (Å²) in [6.07, 6.45) is -2.30. The molecule has 1 aromatic heterocycles. The zero-order chi connectivity index (χ0) is 18.7. The first-order valence-electron chi connectivity index (χ1n) is 7.62. The Kier molecular flexibility index (Phi) is 4.62. The van der Waals surface area contributed by atoms with Gasteiger partial charge in [-0.25, -0.2) is 0 Å². The summed E-state index contributed by atoms with van der Waals surface area (Å²) < 4.78 is 38.8. The van der Waals surface area contributed by atoms with Crippen molar-refractivity contribution in [2.45, 2.75) is 6.18 Å². The van der Waals surface area contributed by atoms with Crippen molar-refractivity contribution in [1.82, 2.24) is 4.98 Å². The van der Waals surface area contributed by atoms with E-state index in [0.717, 1.165) is 23.6 Å². The largest absolute Gasteiger partial charge is 0.418 e. The van der Waals surface area contributed by atoms with Crippen molar-refractivity contribution in [2.24, 2.45) is 0 Å². The van der Waals surface area contributed by atoms with E-state index < -0.39 is 23.2 Å². The van der Waals surface area contributed by atoms with E-state index in [1.165, 1.54) is 18.2 Å². The highest BCUT2D eigenvalue weighted by Gasteiger charge is 2.33. The average Bonchev–Trinajstić information content (AvgIpc) is 2.59. The summed E-state index contributed by atoms with van der Waals surface area (Å²) in [5.74, 6) is -0.769. The molecule has 2 N–H and O–H groups in total. The molecule has 0 saturated heterocycles. The van der Waals surface area contributed by atoms with E-state index in [4.69, 9.17) is 0 Å². The maximum Gasteiger partial charge on any atom is 0.418 e. The van der Waals surface area contributed by atoms with E-state index in [1.807, 2.05) is 0 Å². The maximum absolute atomic E-state index is 12.9. The highest BCUT2D eigenvalue weighted by Crippen LogP contribution is 2.34. The molecule has 0 unspecified atom stereocenters. The number of carbonyl (C=O) groups is 1. The Balaban J connectivity index is 1.83. The van der Waals surface area contributed by atoms with Crippen molar-refractivity contribution in [1.29, 1.82) is 0 Å². The van der Waals surface area contributed by atoms with Gasteiger partial charge in [0.2, 0.25) is 5.91 Å². The molecule has 7 heteroatoms. The first kappa shape index (κ1) is 17.5. The predicted octanol–water partition coefficient (Wildman–Crippen LogP) is 4.20. The normalized spacial score (nSPS) is 11.8. The quantitative estimate of drug-likeness (QED) is 0.690. The number of para-hydroxylation sites is 2. The maximum atomic E-state index is 12.9. The summed E-state index contributed by atoms with van der Waals surface area (Å²) in [6.45, 7) is 0. The molecule has 2 aromatic carbocycles. The standard InChI is InChI=1S/C19H13F3N2O2/c20-19(21,22)14-6-2-4-8-16(14)23-17(25)10-9-13-11-12-5-1-3-7-15(12)24-18(13)26/h1-11H,(H,23,25)(H,24,26)/b10-9+. The molecule has 26 heavy (non-hydrogen) atoms. The number of fused-ring (bicyclic) bond motifs is 1. The van der Waals surface area contributed by atoms with E-state index in [9.17, 15) is 22.8 Å². The van der Waals surface area contributed by atoms with Gasteiger partial charge in [-0.1, -0.05) is 30.3 Å². The number of rotatable bonds is 3. The van der Waals surface area contributed by atoms with Crippen LogP contribution in [0.25, 0.3) is 17.0 Å². The summed E-state index contributed by atoms with van der Waals surface area (Å²) in [5, 5.41) is 2.96. The van der Waals surface area contributed by atoms with Crippen molar-refractivity contribution < 1.29 is 18.0 Å². The Bertz CT molecular complexity index is 1050. The number of nitrogens with one attached hydrogen (secondary N) is 2. The van der Waals surface area contributed by atoms with Crippen molar-refractivity contribution >= 4 is 28.6 Å². The van der Waals surface area contributed by atoms with E-state index in [1.54, 1.807) is 30.3 Å². The van der Waals surface area contributed by atoms with Crippen LogP contribution in [0, 0.1) is 0 Å². The Labute approximate surface area is 146 Å². The van der Waals surface area contributed by atoms with Crippen LogP contribution in [0.15, 0.2) is 65.5 Å². The molecule has 0 aliphatic heterocycles. The minimum Gasteiger partial charge on any atom is -0.322 e. The fourth-order valence-corrected chi connectivity index (χ4v) is 2.47. The second-order valence-electron chi connectivity index (χ2n) is 5.51. The number of amides is 1. The zero-order valence-electron chi connectivity index (χ0n) is 13.3. The molecule has 3 aromatic rings. The Morgan fingerprint density at radius 2 is 1.73 bits per heavy atom. The van der Waals surface area contributed by atoms with Crippen molar-refractivity contribution in [3.8, 4) is 0 Å². The van der Waals surface area contributed by atoms with Crippen LogP contribution in [0.1, 0.15) is 11.1 Å². The summed E-state index contributed by atoms with van der Waals surface area (Å²) in [5.41, 5.74) is -0.808. The number of hydrogen-bond donors (Lipinski definition) is 2. The van der Waals surface area contributed by atoms with Crippen LogP contribution in [-0.4, -0.2) is 10.9 Å². The second kappa shape index (κ2) is 6.87. The monoisotopic (exact) mass is 358 g/mol. The Morgan fingerprint density at radius 3 is 2.50 bits per heavy atom. The van der Waals surface area contributed by atoms with Crippen LogP contribution in [0.3, 0.4) is 0 Å². The summed E-state index contributed by atoms with van der Waals surface area (Å²) >= 11 is 0. The van der Waals surface area contributed by atoms with E-state index in [0.29, 0.717) is 5.52 Å². The van der Waals surface area contributed by atoms with Crippen molar-refractivity contribution in [3.63, 3.8) is 0 Å². The molecule has 132 valence electrons. The second-order valence-corrected chi connectivity index (χ2v) is 5.51. The van der Waals surface area contributed by atoms with Gasteiger partial charge in [0.1, 0.15) is 0 Å². The van der Waals surface area contributed by atoms with Gasteiger partial charge >= 0.3 is 6.18 Å². The lowest BCUT2D eigenvalue weighted by Gasteiger charge is -2.12. The number of carbonyl (C=O) groups excluding carboxylic acids is 1. The topological polar surface area (TPSA) is 62.0 Å². The number of benzene rings is 2. The van der Waals surface area contributed by atoms with Gasteiger partial charge in [-0.2, -0.15) is 13.2 Å². The van der Waals surface area contributed by atoms with E-state index in [2.05, 4.69) is 10.3 Å². The lowest BCUT2D eigenvalue weighted by atomic mass is 10.1. The van der Waals surface area contributed by atoms with Crippen LogP contribution in [-0.2, 0) is 11.0 Å². The number of pyridine rings is 1. The van der Waals surface area contributed by atoms with Gasteiger partial charge in [-0.3, -0.25) is 9.59 Å². The Morgan fingerprint density at radius 1 is 1.04 bits per heavy atom. The molecule has 0 saturated carbocycles. The molecule has 3 rings (SSSR count). The number of halogens is 3. The molecular formula is C19H13F3N2O2. The number of aromatic amines is 1. The van der Waals surface area contributed by atoms with Gasteiger partial charge in [0.05, 0.1) is 11.3 Å². The minimum atomic E-state index is -4.58. The Hall–Kier alpha value is -3.35. The molecule has 0 aliphatic rings. The zero-order valence-corrected chi connectivity index (χ0v) is 13.3. The molecule has 0 aliphatic carbocycles. The number of H-pyrrole nitrogens is 1. The summed E-state index contributed by atoms with van der Waals surface area (Å²) in [6, 6.07) is 13.4. The predicted molar refractivity (Wildman–Crippen MR) is 93.7 cm³/mol. The number of aromatic nitrogens is 1. The number of hydrogen-bond acceptors (Lipinski definition) is 2. The van der Waals surface area contributed by atoms with Crippen LogP contribution >= 0.6 is 0 Å². The number of anilines is 1. The molecule has 1 amide bonds. The van der Waals surface area contributed by atoms with Gasteiger partial charge in [0.25, 0.3) is 5.56 Å². The fraction of sp³-hybridized carbons (Fsp3) is 0.0526. The third-order valence-corrected chi connectivity index (χ3v) is 3.69. The number of alkyl halides is 3. The first-order valence-corrected chi connectivity index (χ1v) is 7.62. The summed E-state index contributed by atoms with van der Waals surface area (Å²) in [4.78, 5) is 26.6. The molecule has 0 spiro atoms. The minimum absolute atomic E-state index is 0.225. The summed E-state index contributed by atoms with van der Waals surface area (Å²) in [7, 11) is 0. The van der Waals surface area contributed by atoms with E-state index in [-0.39, 0.29) is 11.3 Å². The highest BCUT2D eigenvalue weighted by atomic mass is 19.4. The molecule has 0 fully saturated rings. The molecule has 0 atom stereocenters. The van der Waals surface area contributed by atoms with Crippen LogP contribution in [0.5, 0.6) is 0 Å². The molecule has 0 radical (unpaired) electrons. The lowest BCUT2D eigenvalue weighted by molar-refractivity contribution is -0.136. The fourth-order valence-electron chi connectivity index (χ4n) is 2.47. The van der Waals surface area contributed by atoms with Crippen LogP contribution in [0.4, 0.5) is 18.9 Å². The molecule has 4 nitrogen and oxygen atoms in total. The lowest BCUT2D eigenvalue weighted by Crippen LogP contribution is -2.15. The molecular weight excluding hydrogens is 345 g/mol. The van der Waals surface area contributed by atoms with Gasteiger partial charge in [-0.05, 0) is 35.7 Å². The smallest absolute Gasteiger partial charge is 0.322 e. The van der Waals surface area contributed by atoms with Crippen molar-refractivity contribution in [2.75, 3.05) is 5.32 Å². The van der Waals surface area contributed by atoms with E-state index >= 15 is 0 Å². The van der Waals surface area contributed by atoms with Gasteiger partial charge in [0, 0.05) is 17.2 Å². The molecule has 0 bridgehead atoms. The highest BCUT2D eigenvalue weighted by molar-refractivity contribution is 6.02. The van der Waals surface area contributed by atoms with Gasteiger partial charge in [-0.15, -0.1) is 0 Å². The van der Waals surface area contributed by atoms with Gasteiger partial charge < -0.3 is 10.3 Å². The SMILES string of the molecule is O=C(/C=C/c1cc2ccccc2[nH]c1=O)Nc1ccccc1C(F)(F)F. The third-order valence-electron chi connectivity index (χ3n) is 3.69. The third kappa shape index (κ3) is 3.83. The van der Waals surface area contributed by atoms with Crippen molar-refractivity contribution in [3.05, 3.63) is 82.2 Å². The average molecular weight is 358 g/mol. The molecule has 1 heterocycles. The van der Waals surface area contributed by atoms with Crippen LogP contribution < -0.4 is 10.9 Å². The van der Waals surface area contributed by atoms with Crippen LogP contribution in [0.2, 0.25) is 0 Å². The van der Waals surface area contributed by atoms with Gasteiger partial charge in [0.15, 0.2) is 0 Å². The first-order chi connectivity index (χ1) is 12.3.